The molecule has 1 aromatic heterocycles. The number of hydrogen-bond acceptors (Lipinski definition) is 4. The SMILES string of the molecule is Cc1cc(C)nc(NCCC(N)=O)n1. The molecule has 1 amide bonds. The van der Waals surface area contributed by atoms with Crippen LogP contribution in [0.5, 0.6) is 0 Å². The highest BCUT2D eigenvalue weighted by Gasteiger charge is 1.99. The molecule has 0 unspecified atom stereocenters. The molecule has 0 aliphatic rings. The number of carbonyl (C=O) groups is 1. The van der Waals surface area contributed by atoms with Gasteiger partial charge in [0.15, 0.2) is 0 Å². The molecular formula is C9H14N4O. The lowest BCUT2D eigenvalue weighted by Gasteiger charge is -2.04. The van der Waals surface area contributed by atoms with Gasteiger partial charge < -0.3 is 11.1 Å². The Balaban J connectivity index is 2.54. The van der Waals surface area contributed by atoms with Crippen LogP contribution >= 0.6 is 0 Å². The second kappa shape index (κ2) is 4.55. The quantitative estimate of drug-likeness (QED) is 0.726. The molecule has 0 atom stereocenters. The maximum absolute atomic E-state index is 10.5. The third kappa shape index (κ3) is 3.38. The van der Waals surface area contributed by atoms with Crippen LogP contribution < -0.4 is 11.1 Å². The number of nitrogens with one attached hydrogen (secondary N) is 1. The molecule has 0 aliphatic carbocycles. The van der Waals surface area contributed by atoms with Gasteiger partial charge in [-0.3, -0.25) is 4.79 Å². The summed E-state index contributed by atoms with van der Waals surface area (Å²) < 4.78 is 0. The Morgan fingerprint density at radius 3 is 2.50 bits per heavy atom. The van der Waals surface area contributed by atoms with Gasteiger partial charge in [0.05, 0.1) is 0 Å². The fourth-order valence-electron chi connectivity index (χ4n) is 1.10. The molecule has 1 heterocycles. The summed E-state index contributed by atoms with van der Waals surface area (Å²) in [6, 6.07) is 1.89. The van der Waals surface area contributed by atoms with E-state index in [4.69, 9.17) is 5.73 Å². The lowest BCUT2D eigenvalue weighted by Crippen LogP contribution is -2.17. The van der Waals surface area contributed by atoms with Gasteiger partial charge in [-0.25, -0.2) is 9.97 Å². The first kappa shape index (κ1) is 10.4. The van der Waals surface area contributed by atoms with E-state index in [1.165, 1.54) is 0 Å². The average molecular weight is 194 g/mol. The van der Waals surface area contributed by atoms with Crippen LogP contribution in [0.15, 0.2) is 6.07 Å². The zero-order valence-corrected chi connectivity index (χ0v) is 8.37. The minimum Gasteiger partial charge on any atom is -0.370 e. The average Bonchev–Trinajstić information content (AvgIpc) is 2.01. The summed E-state index contributed by atoms with van der Waals surface area (Å²) in [5.41, 5.74) is 6.80. The molecule has 0 fully saturated rings. The predicted molar refractivity (Wildman–Crippen MR) is 53.8 cm³/mol. The van der Waals surface area contributed by atoms with Crippen molar-refractivity contribution in [3.8, 4) is 0 Å². The van der Waals surface area contributed by atoms with Crippen LogP contribution in [0, 0.1) is 13.8 Å². The molecule has 3 N–H and O–H groups in total. The Labute approximate surface area is 82.7 Å². The van der Waals surface area contributed by atoms with Crippen LogP contribution in [0.2, 0.25) is 0 Å². The first-order valence-electron chi connectivity index (χ1n) is 4.42. The summed E-state index contributed by atoms with van der Waals surface area (Å²) in [6.45, 7) is 4.26. The minimum absolute atomic E-state index is 0.288. The zero-order valence-electron chi connectivity index (χ0n) is 8.37. The van der Waals surface area contributed by atoms with Crippen LogP contribution in [-0.4, -0.2) is 22.4 Å². The Morgan fingerprint density at radius 2 is 2.00 bits per heavy atom. The highest BCUT2D eigenvalue weighted by atomic mass is 16.1. The number of aromatic nitrogens is 2. The number of anilines is 1. The molecule has 14 heavy (non-hydrogen) atoms. The van der Waals surface area contributed by atoms with E-state index in [1.54, 1.807) is 0 Å². The fourth-order valence-corrected chi connectivity index (χ4v) is 1.10. The lowest BCUT2D eigenvalue weighted by molar-refractivity contribution is -0.117. The number of hydrogen-bond donors (Lipinski definition) is 2. The number of nitrogens with zero attached hydrogens (tertiary/aromatic N) is 2. The second-order valence-corrected chi connectivity index (χ2v) is 3.12. The summed E-state index contributed by atoms with van der Waals surface area (Å²) in [5, 5.41) is 2.93. The summed E-state index contributed by atoms with van der Waals surface area (Å²) in [5.74, 6) is 0.214. The lowest BCUT2D eigenvalue weighted by atomic mass is 10.3. The molecule has 1 aromatic rings. The van der Waals surface area contributed by atoms with Gasteiger partial charge in [0, 0.05) is 24.4 Å². The van der Waals surface area contributed by atoms with Crippen molar-refractivity contribution in [3.05, 3.63) is 17.5 Å². The van der Waals surface area contributed by atoms with Gasteiger partial charge in [-0.1, -0.05) is 0 Å². The molecule has 76 valence electrons. The van der Waals surface area contributed by atoms with Gasteiger partial charge >= 0.3 is 0 Å². The van der Waals surface area contributed by atoms with Crippen molar-refractivity contribution in [2.45, 2.75) is 20.3 Å². The van der Waals surface area contributed by atoms with Crippen molar-refractivity contribution in [1.82, 2.24) is 9.97 Å². The van der Waals surface area contributed by atoms with E-state index >= 15 is 0 Å². The van der Waals surface area contributed by atoms with Crippen LogP contribution in [0.3, 0.4) is 0 Å². The van der Waals surface area contributed by atoms with E-state index in [0.29, 0.717) is 12.5 Å². The molecule has 0 bridgehead atoms. The first-order valence-corrected chi connectivity index (χ1v) is 4.42. The van der Waals surface area contributed by atoms with E-state index in [0.717, 1.165) is 11.4 Å². The third-order valence-corrected chi connectivity index (χ3v) is 1.64. The van der Waals surface area contributed by atoms with Gasteiger partial charge in [0.25, 0.3) is 0 Å². The normalized spacial score (nSPS) is 9.86. The standard InChI is InChI=1S/C9H14N4O/c1-6-5-7(2)13-9(12-6)11-4-3-8(10)14/h5H,3-4H2,1-2H3,(H2,10,14)(H,11,12,13). The monoisotopic (exact) mass is 194 g/mol. The van der Waals surface area contributed by atoms with Gasteiger partial charge in [-0.15, -0.1) is 0 Å². The summed E-state index contributed by atoms with van der Waals surface area (Å²) >= 11 is 0. The fraction of sp³-hybridized carbons (Fsp3) is 0.444. The molecular weight excluding hydrogens is 180 g/mol. The van der Waals surface area contributed by atoms with E-state index in [2.05, 4.69) is 15.3 Å². The predicted octanol–water partition coefficient (Wildman–Crippen LogP) is 0.381. The molecule has 1 rings (SSSR count). The Kier molecular flexibility index (Phi) is 3.39. The molecule has 0 radical (unpaired) electrons. The Morgan fingerprint density at radius 1 is 1.43 bits per heavy atom. The number of amides is 1. The number of primary amides is 1. The molecule has 5 nitrogen and oxygen atoms in total. The van der Waals surface area contributed by atoms with Crippen molar-refractivity contribution in [1.29, 1.82) is 0 Å². The summed E-state index contributed by atoms with van der Waals surface area (Å²) in [4.78, 5) is 18.8. The van der Waals surface area contributed by atoms with E-state index in [-0.39, 0.29) is 12.3 Å². The molecule has 5 heteroatoms. The largest absolute Gasteiger partial charge is 0.370 e. The van der Waals surface area contributed by atoms with E-state index < -0.39 is 0 Å². The summed E-state index contributed by atoms with van der Waals surface area (Å²) in [7, 11) is 0. The maximum Gasteiger partial charge on any atom is 0.223 e. The maximum atomic E-state index is 10.5. The van der Waals surface area contributed by atoms with Crippen molar-refractivity contribution in [2.24, 2.45) is 5.73 Å². The van der Waals surface area contributed by atoms with Crippen LogP contribution in [0.4, 0.5) is 5.95 Å². The van der Waals surface area contributed by atoms with Crippen molar-refractivity contribution >= 4 is 11.9 Å². The Bertz CT molecular complexity index is 317. The van der Waals surface area contributed by atoms with Gasteiger partial charge in [0.1, 0.15) is 0 Å². The van der Waals surface area contributed by atoms with Crippen LogP contribution in [0.1, 0.15) is 17.8 Å². The molecule has 0 saturated heterocycles. The second-order valence-electron chi connectivity index (χ2n) is 3.12. The molecule has 0 aliphatic heterocycles. The third-order valence-electron chi connectivity index (χ3n) is 1.64. The molecule has 0 aromatic carbocycles. The Hall–Kier alpha value is -1.65. The van der Waals surface area contributed by atoms with Crippen LogP contribution in [0.25, 0.3) is 0 Å². The van der Waals surface area contributed by atoms with Gasteiger partial charge in [-0.2, -0.15) is 0 Å². The molecule has 0 saturated carbocycles. The van der Waals surface area contributed by atoms with Crippen molar-refractivity contribution in [2.75, 3.05) is 11.9 Å². The number of nitrogens with two attached hydrogens (primary N) is 1. The highest BCUT2D eigenvalue weighted by molar-refractivity contribution is 5.74. The smallest absolute Gasteiger partial charge is 0.223 e. The number of aryl methyl sites for hydroxylation is 2. The topological polar surface area (TPSA) is 80.9 Å². The van der Waals surface area contributed by atoms with Crippen molar-refractivity contribution in [3.63, 3.8) is 0 Å². The van der Waals surface area contributed by atoms with Gasteiger partial charge in [-0.05, 0) is 19.9 Å². The van der Waals surface area contributed by atoms with Crippen LogP contribution in [-0.2, 0) is 4.79 Å². The van der Waals surface area contributed by atoms with Crippen molar-refractivity contribution < 1.29 is 4.79 Å². The molecule has 0 spiro atoms. The summed E-state index contributed by atoms with van der Waals surface area (Å²) in [6.07, 6.45) is 0.288. The van der Waals surface area contributed by atoms with E-state index in [9.17, 15) is 4.79 Å². The number of rotatable bonds is 4. The number of carbonyl (C=O) groups excluding carboxylic acids is 1. The minimum atomic E-state index is -0.332. The van der Waals surface area contributed by atoms with E-state index in [1.807, 2.05) is 19.9 Å². The van der Waals surface area contributed by atoms with Gasteiger partial charge in [0.2, 0.25) is 11.9 Å². The zero-order chi connectivity index (χ0) is 10.6. The highest BCUT2D eigenvalue weighted by Crippen LogP contribution is 2.03. The first-order chi connectivity index (χ1) is 6.58.